The topological polar surface area (TPSA) is 76.1 Å². The molecule has 2 atom stereocenters. The van der Waals surface area contributed by atoms with Gasteiger partial charge in [-0.15, -0.1) is 0 Å². The lowest BCUT2D eigenvalue weighted by molar-refractivity contribution is -0.167. The van der Waals surface area contributed by atoms with Crippen LogP contribution in [-0.2, 0) is 14.3 Å². The van der Waals surface area contributed by atoms with E-state index in [1.165, 1.54) is 4.90 Å². The molecule has 0 aliphatic carbocycles. The van der Waals surface area contributed by atoms with Crippen molar-refractivity contribution in [2.75, 3.05) is 19.7 Å². The first-order chi connectivity index (χ1) is 12.0. The second-order valence-electron chi connectivity index (χ2n) is 5.95. The summed E-state index contributed by atoms with van der Waals surface area (Å²) < 4.78 is 11.0. The summed E-state index contributed by atoms with van der Waals surface area (Å²) in [6.07, 6.45) is -1.35. The molecule has 1 aliphatic heterocycles. The highest BCUT2D eigenvalue weighted by Crippen LogP contribution is 2.31. The van der Waals surface area contributed by atoms with Crippen molar-refractivity contribution in [2.45, 2.75) is 19.1 Å². The van der Waals surface area contributed by atoms with E-state index in [4.69, 9.17) is 26.2 Å². The molecule has 7 heteroatoms. The predicted octanol–water partition coefficient (Wildman–Crippen LogP) is 2.57. The molecule has 2 aromatic carbocycles. The zero-order valence-corrected chi connectivity index (χ0v) is 14.4. The Hall–Kier alpha value is -2.31. The predicted molar refractivity (Wildman–Crippen MR) is 93.0 cm³/mol. The van der Waals surface area contributed by atoms with E-state index in [0.29, 0.717) is 17.3 Å². The highest BCUT2D eigenvalue weighted by molar-refractivity contribution is 6.35. The summed E-state index contributed by atoms with van der Waals surface area (Å²) in [4.78, 5) is 25.0. The minimum atomic E-state index is -1.08. The van der Waals surface area contributed by atoms with Crippen LogP contribution in [-0.4, -0.2) is 53.8 Å². The van der Waals surface area contributed by atoms with Crippen LogP contribution < -0.4 is 4.74 Å². The SMILES string of the molecule is C[C@@H]1CN(C(=O)COc2ccc(Cl)c3ccccc23)CC(C(=O)O)O1. The third kappa shape index (κ3) is 3.86. The van der Waals surface area contributed by atoms with Gasteiger partial charge in [-0.1, -0.05) is 35.9 Å². The third-order valence-electron chi connectivity index (χ3n) is 4.07. The van der Waals surface area contributed by atoms with Gasteiger partial charge in [-0.3, -0.25) is 4.79 Å². The second kappa shape index (κ2) is 7.29. The Bertz CT molecular complexity index is 809. The number of carboxylic acids is 1. The van der Waals surface area contributed by atoms with Crippen molar-refractivity contribution in [3.63, 3.8) is 0 Å². The molecule has 1 N–H and O–H groups in total. The number of carboxylic acid groups (broad SMARTS) is 1. The van der Waals surface area contributed by atoms with E-state index in [0.717, 1.165) is 10.8 Å². The summed E-state index contributed by atoms with van der Waals surface area (Å²) in [5.41, 5.74) is 0. The normalized spacial score (nSPS) is 20.5. The number of fused-ring (bicyclic) bond motifs is 1. The highest BCUT2D eigenvalue weighted by Gasteiger charge is 2.32. The summed E-state index contributed by atoms with van der Waals surface area (Å²) >= 11 is 6.17. The molecule has 6 nitrogen and oxygen atoms in total. The molecular weight excluding hydrogens is 346 g/mol. The second-order valence-corrected chi connectivity index (χ2v) is 6.36. The molecule has 2 aromatic rings. The molecule has 132 valence electrons. The zero-order chi connectivity index (χ0) is 18.0. The zero-order valence-electron chi connectivity index (χ0n) is 13.6. The smallest absolute Gasteiger partial charge is 0.334 e. The molecule has 0 spiro atoms. The number of rotatable bonds is 4. The number of ether oxygens (including phenoxy) is 2. The molecule has 0 bridgehead atoms. The van der Waals surface area contributed by atoms with E-state index in [2.05, 4.69) is 0 Å². The van der Waals surface area contributed by atoms with E-state index in [-0.39, 0.29) is 25.2 Å². The van der Waals surface area contributed by atoms with E-state index in [9.17, 15) is 9.59 Å². The molecule has 0 radical (unpaired) electrons. The quantitative estimate of drug-likeness (QED) is 0.903. The maximum absolute atomic E-state index is 12.4. The molecule has 1 unspecified atom stereocenters. The van der Waals surface area contributed by atoms with Gasteiger partial charge in [0.15, 0.2) is 12.7 Å². The fourth-order valence-corrected chi connectivity index (χ4v) is 3.11. The first-order valence-corrected chi connectivity index (χ1v) is 8.29. The Labute approximate surface area is 149 Å². The van der Waals surface area contributed by atoms with Crippen LogP contribution >= 0.6 is 11.6 Å². The van der Waals surface area contributed by atoms with Crippen molar-refractivity contribution in [3.05, 3.63) is 41.4 Å². The number of nitrogens with zero attached hydrogens (tertiary/aromatic N) is 1. The van der Waals surface area contributed by atoms with Crippen LogP contribution in [0.25, 0.3) is 10.8 Å². The maximum Gasteiger partial charge on any atom is 0.334 e. The lowest BCUT2D eigenvalue weighted by atomic mass is 10.1. The Morgan fingerprint density at radius 1 is 1.24 bits per heavy atom. The van der Waals surface area contributed by atoms with Gasteiger partial charge >= 0.3 is 5.97 Å². The molecular formula is C18H18ClNO5. The molecule has 3 rings (SSSR count). The minimum Gasteiger partial charge on any atom is -0.483 e. The summed E-state index contributed by atoms with van der Waals surface area (Å²) in [7, 11) is 0. The van der Waals surface area contributed by atoms with Crippen LogP contribution in [0.1, 0.15) is 6.92 Å². The Balaban J connectivity index is 1.70. The molecule has 0 aromatic heterocycles. The number of benzene rings is 2. The van der Waals surface area contributed by atoms with Crippen LogP contribution in [0, 0.1) is 0 Å². The monoisotopic (exact) mass is 363 g/mol. The number of morpholine rings is 1. The van der Waals surface area contributed by atoms with Crippen molar-refractivity contribution in [1.29, 1.82) is 0 Å². The van der Waals surface area contributed by atoms with Crippen molar-refractivity contribution < 1.29 is 24.2 Å². The lowest BCUT2D eigenvalue weighted by Gasteiger charge is -2.34. The third-order valence-corrected chi connectivity index (χ3v) is 4.40. The van der Waals surface area contributed by atoms with Crippen molar-refractivity contribution in [2.24, 2.45) is 0 Å². The number of carbonyl (C=O) groups excluding carboxylic acids is 1. The van der Waals surface area contributed by atoms with Gasteiger partial charge in [0, 0.05) is 22.3 Å². The van der Waals surface area contributed by atoms with Gasteiger partial charge < -0.3 is 19.5 Å². The van der Waals surface area contributed by atoms with E-state index in [1.54, 1.807) is 19.1 Å². The van der Waals surface area contributed by atoms with Crippen LogP contribution in [0.2, 0.25) is 5.02 Å². The van der Waals surface area contributed by atoms with Crippen LogP contribution in [0.15, 0.2) is 36.4 Å². The van der Waals surface area contributed by atoms with Crippen molar-refractivity contribution in [3.8, 4) is 5.75 Å². The average Bonchev–Trinajstić information content (AvgIpc) is 2.60. The van der Waals surface area contributed by atoms with Gasteiger partial charge in [-0.05, 0) is 19.1 Å². The fourth-order valence-electron chi connectivity index (χ4n) is 2.88. The molecule has 1 aliphatic rings. The van der Waals surface area contributed by atoms with Crippen molar-refractivity contribution >= 4 is 34.2 Å². The molecule has 25 heavy (non-hydrogen) atoms. The number of hydrogen-bond acceptors (Lipinski definition) is 4. The molecule has 0 saturated carbocycles. The maximum atomic E-state index is 12.4. The number of hydrogen-bond donors (Lipinski definition) is 1. The highest BCUT2D eigenvalue weighted by atomic mass is 35.5. The van der Waals surface area contributed by atoms with Crippen molar-refractivity contribution in [1.82, 2.24) is 4.90 Å². The van der Waals surface area contributed by atoms with Gasteiger partial charge in [0.2, 0.25) is 0 Å². The number of carbonyl (C=O) groups is 2. The standard InChI is InChI=1S/C18H18ClNO5/c1-11-8-20(9-16(25-11)18(22)23)17(21)10-24-15-7-6-14(19)12-4-2-3-5-13(12)15/h2-7,11,16H,8-10H2,1H3,(H,22,23)/t11-,16?/m1/s1. The number of amides is 1. The largest absolute Gasteiger partial charge is 0.483 e. The number of halogens is 1. The molecule has 1 heterocycles. The van der Waals surface area contributed by atoms with Gasteiger partial charge in [-0.25, -0.2) is 4.79 Å². The van der Waals surface area contributed by atoms with E-state index >= 15 is 0 Å². The lowest BCUT2D eigenvalue weighted by Crippen LogP contribution is -2.52. The molecule has 1 amide bonds. The van der Waals surface area contributed by atoms with Crippen LogP contribution in [0.4, 0.5) is 0 Å². The van der Waals surface area contributed by atoms with Gasteiger partial charge in [-0.2, -0.15) is 0 Å². The minimum absolute atomic E-state index is 0.0171. The van der Waals surface area contributed by atoms with Gasteiger partial charge in [0.25, 0.3) is 5.91 Å². The van der Waals surface area contributed by atoms with Crippen LogP contribution in [0.5, 0.6) is 5.75 Å². The first-order valence-electron chi connectivity index (χ1n) is 7.92. The van der Waals surface area contributed by atoms with E-state index in [1.807, 2.05) is 24.3 Å². The molecule has 1 saturated heterocycles. The van der Waals surface area contributed by atoms with E-state index < -0.39 is 12.1 Å². The average molecular weight is 364 g/mol. The fraction of sp³-hybridized carbons (Fsp3) is 0.333. The Kier molecular flexibility index (Phi) is 5.11. The van der Waals surface area contributed by atoms with Gasteiger partial charge in [0.1, 0.15) is 5.75 Å². The summed E-state index contributed by atoms with van der Waals surface area (Å²) in [5.74, 6) is -0.793. The summed E-state index contributed by atoms with van der Waals surface area (Å²) in [6.45, 7) is 1.92. The Morgan fingerprint density at radius 2 is 1.96 bits per heavy atom. The summed E-state index contributed by atoms with van der Waals surface area (Å²) in [5, 5.41) is 11.4. The van der Waals surface area contributed by atoms with Gasteiger partial charge in [0.05, 0.1) is 12.6 Å². The Morgan fingerprint density at radius 3 is 2.68 bits per heavy atom. The van der Waals surface area contributed by atoms with Crippen LogP contribution in [0.3, 0.4) is 0 Å². The first kappa shape index (κ1) is 17.5. The summed E-state index contributed by atoms with van der Waals surface area (Å²) in [6, 6.07) is 10.9. The molecule has 1 fully saturated rings. The number of aliphatic carboxylic acids is 1.